The van der Waals surface area contributed by atoms with Crippen LogP contribution in [0.2, 0.25) is 0 Å². The van der Waals surface area contributed by atoms with Crippen LogP contribution in [-0.4, -0.2) is 11.5 Å². The largest absolute Gasteiger partial charge is 0.482 e. The Hall–Kier alpha value is -2.40. The fraction of sp³-hybridized carbons (Fsp3) is 0.200. The van der Waals surface area contributed by atoms with Gasteiger partial charge in [0.25, 0.3) is 0 Å². The minimum absolute atomic E-state index is 0.00290. The van der Waals surface area contributed by atoms with E-state index in [-0.39, 0.29) is 17.5 Å². The van der Waals surface area contributed by atoms with Crippen LogP contribution in [0.3, 0.4) is 0 Å². The van der Waals surface area contributed by atoms with Gasteiger partial charge in [-0.1, -0.05) is 36.4 Å². The molecular weight excluding hydrogens is 258 g/mol. The molecule has 1 fully saturated rings. The molecule has 2 aromatic carbocycles. The summed E-state index contributed by atoms with van der Waals surface area (Å²) in [6.07, 6.45) is -0.00290. The number of hydrogen-bond donors (Lipinski definition) is 0. The molecule has 1 saturated heterocycles. The maximum atomic E-state index is 11.1. The molecule has 1 unspecified atom stereocenters. The Bertz CT molecular complexity index is 623. The summed E-state index contributed by atoms with van der Waals surface area (Å²) in [6.45, 7) is 0.933. The van der Waals surface area contributed by atoms with Gasteiger partial charge in [-0.05, 0) is 17.2 Å². The Morgan fingerprint density at radius 3 is 2.65 bits per heavy atom. The van der Waals surface area contributed by atoms with Crippen LogP contribution in [0.4, 0.5) is 5.69 Å². The van der Waals surface area contributed by atoms with Crippen LogP contribution in [0.15, 0.2) is 48.5 Å². The van der Waals surface area contributed by atoms with Crippen molar-refractivity contribution in [3.8, 4) is 5.75 Å². The highest BCUT2D eigenvalue weighted by molar-refractivity contribution is 5.49. The lowest BCUT2D eigenvalue weighted by molar-refractivity contribution is -0.386. The lowest BCUT2D eigenvalue weighted by Crippen LogP contribution is -1.99. The quantitative estimate of drug-likeness (QED) is 0.475. The molecule has 0 spiro atoms. The minimum atomic E-state index is -0.424. The first-order chi connectivity index (χ1) is 9.74. The van der Waals surface area contributed by atoms with Crippen LogP contribution in [-0.2, 0) is 11.3 Å². The maximum absolute atomic E-state index is 11.1. The fourth-order valence-corrected chi connectivity index (χ4v) is 1.98. The van der Waals surface area contributed by atoms with Gasteiger partial charge in [-0.3, -0.25) is 10.1 Å². The van der Waals surface area contributed by atoms with Gasteiger partial charge in [-0.25, -0.2) is 0 Å². The number of nitro benzene ring substituents is 1. The Balaban J connectivity index is 1.79. The molecule has 20 heavy (non-hydrogen) atoms. The van der Waals surface area contributed by atoms with E-state index >= 15 is 0 Å². The van der Waals surface area contributed by atoms with Gasteiger partial charge < -0.3 is 9.47 Å². The van der Waals surface area contributed by atoms with Crippen LogP contribution in [0.1, 0.15) is 17.2 Å². The third-order valence-corrected chi connectivity index (χ3v) is 3.12. The third-order valence-electron chi connectivity index (χ3n) is 3.12. The average molecular weight is 271 g/mol. The molecule has 1 aliphatic rings. The smallest absolute Gasteiger partial charge is 0.311 e. The number of nitrogens with zero attached hydrogens (tertiary/aromatic N) is 1. The molecule has 1 aliphatic heterocycles. The molecule has 0 aliphatic carbocycles. The average Bonchev–Trinajstić information content (AvgIpc) is 3.30. The van der Waals surface area contributed by atoms with E-state index in [0.717, 1.165) is 11.1 Å². The molecule has 2 aromatic rings. The Morgan fingerprint density at radius 1 is 1.25 bits per heavy atom. The number of ether oxygens (including phenoxy) is 2. The van der Waals surface area contributed by atoms with E-state index in [9.17, 15) is 10.1 Å². The highest BCUT2D eigenvalue weighted by Gasteiger charge is 2.28. The summed E-state index contributed by atoms with van der Waals surface area (Å²) < 4.78 is 10.7. The van der Waals surface area contributed by atoms with E-state index < -0.39 is 4.92 Å². The SMILES string of the molecule is O=[N+]([O-])c1cc(C2CO2)ccc1OCc1ccccc1. The van der Waals surface area contributed by atoms with Crippen LogP contribution in [0.5, 0.6) is 5.75 Å². The Kier molecular flexibility index (Phi) is 3.35. The lowest BCUT2D eigenvalue weighted by atomic mass is 10.1. The van der Waals surface area contributed by atoms with Gasteiger partial charge in [0, 0.05) is 6.07 Å². The minimum Gasteiger partial charge on any atom is -0.482 e. The fourth-order valence-electron chi connectivity index (χ4n) is 1.98. The van der Waals surface area contributed by atoms with Crippen LogP contribution in [0, 0.1) is 10.1 Å². The second kappa shape index (κ2) is 5.30. The van der Waals surface area contributed by atoms with Crippen LogP contribution >= 0.6 is 0 Å². The van der Waals surface area contributed by atoms with Crippen LogP contribution in [0.25, 0.3) is 0 Å². The van der Waals surface area contributed by atoms with Crippen molar-refractivity contribution < 1.29 is 14.4 Å². The van der Waals surface area contributed by atoms with Gasteiger partial charge in [-0.15, -0.1) is 0 Å². The second-order valence-corrected chi connectivity index (χ2v) is 4.58. The molecule has 1 atom stereocenters. The molecule has 0 bridgehead atoms. The summed E-state index contributed by atoms with van der Waals surface area (Å²) >= 11 is 0. The molecule has 3 rings (SSSR count). The van der Waals surface area contributed by atoms with E-state index in [2.05, 4.69) is 0 Å². The Morgan fingerprint density at radius 2 is 2.00 bits per heavy atom. The highest BCUT2D eigenvalue weighted by atomic mass is 16.6. The first kappa shape index (κ1) is 12.6. The van der Waals surface area contributed by atoms with Gasteiger partial charge >= 0.3 is 5.69 Å². The molecule has 0 amide bonds. The molecule has 0 aromatic heterocycles. The Labute approximate surface area is 115 Å². The third kappa shape index (κ3) is 2.78. The van der Waals surface area contributed by atoms with Crippen molar-refractivity contribution in [3.05, 3.63) is 69.8 Å². The van der Waals surface area contributed by atoms with Gasteiger partial charge in [0.05, 0.1) is 11.5 Å². The standard InChI is InChI=1S/C15H13NO4/c17-16(18)13-8-12(15-10-20-15)6-7-14(13)19-9-11-4-2-1-3-5-11/h1-8,15H,9-10H2. The summed E-state index contributed by atoms with van der Waals surface area (Å²) in [6, 6.07) is 14.5. The zero-order chi connectivity index (χ0) is 13.9. The molecule has 0 saturated carbocycles. The van der Waals surface area contributed by atoms with E-state index in [1.54, 1.807) is 6.07 Å². The summed E-state index contributed by atoms with van der Waals surface area (Å²) in [7, 11) is 0. The number of benzene rings is 2. The molecular formula is C15H13NO4. The molecule has 0 radical (unpaired) electrons. The lowest BCUT2D eigenvalue weighted by Gasteiger charge is -2.07. The van der Waals surface area contributed by atoms with Gasteiger partial charge in [0.2, 0.25) is 0 Å². The summed E-state index contributed by atoms with van der Waals surface area (Å²) in [5.41, 5.74) is 1.77. The van der Waals surface area contributed by atoms with Crippen LogP contribution < -0.4 is 4.74 Å². The van der Waals surface area contributed by atoms with Crippen molar-refractivity contribution in [2.75, 3.05) is 6.61 Å². The number of nitro groups is 1. The van der Waals surface area contributed by atoms with E-state index in [4.69, 9.17) is 9.47 Å². The highest BCUT2D eigenvalue weighted by Crippen LogP contribution is 2.36. The molecule has 1 heterocycles. The van der Waals surface area contributed by atoms with Crippen molar-refractivity contribution >= 4 is 5.69 Å². The van der Waals surface area contributed by atoms with E-state index in [0.29, 0.717) is 13.2 Å². The van der Waals surface area contributed by atoms with Crippen molar-refractivity contribution in [3.63, 3.8) is 0 Å². The number of hydrogen-bond acceptors (Lipinski definition) is 4. The monoisotopic (exact) mass is 271 g/mol. The van der Waals surface area contributed by atoms with Crippen molar-refractivity contribution in [1.29, 1.82) is 0 Å². The van der Waals surface area contributed by atoms with Crippen molar-refractivity contribution in [2.45, 2.75) is 12.7 Å². The topological polar surface area (TPSA) is 64.9 Å². The van der Waals surface area contributed by atoms with Gasteiger partial charge in [-0.2, -0.15) is 0 Å². The first-order valence-corrected chi connectivity index (χ1v) is 6.31. The maximum Gasteiger partial charge on any atom is 0.311 e. The second-order valence-electron chi connectivity index (χ2n) is 4.58. The van der Waals surface area contributed by atoms with E-state index in [1.165, 1.54) is 6.07 Å². The molecule has 0 N–H and O–H groups in total. The summed E-state index contributed by atoms with van der Waals surface area (Å²) in [5, 5.41) is 11.1. The van der Waals surface area contributed by atoms with Crippen molar-refractivity contribution in [2.24, 2.45) is 0 Å². The van der Waals surface area contributed by atoms with Crippen molar-refractivity contribution in [1.82, 2.24) is 0 Å². The van der Waals surface area contributed by atoms with E-state index in [1.807, 2.05) is 36.4 Å². The molecule has 102 valence electrons. The summed E-state index contributed by atoms with van der Waals surface area (Å²) in [4.78, 5) is 10.7. The zero-order valence-electron chi connectivity index (χ0n) is 10.7. The molecule has 5 heteroatoms. The zero-order valence-corrected chi connectivity index (χ0v) is 10.7. The normalized spacial score (nSPS) is 16.7. The van der Waals surface area contributed by atoms with Gasteiger partial charge in [0.1, 0.15) is 12.7 Å². The predicted molar refractivity (Wildman–Crippen MR) is 72.6 cm³/mol. The number of rotatable bonds is 5. The van der Waals surface area contributed by atoms with Gasteiger partial charge in [0.15, 0.2) is 5.75 Å². The summed E-state index contributed by atoms with van der Waals surface area (Å²) in [5.74, 6) is 0.281. The number of epoxide rings is 1. The predicted octanol–water partition coefficient (Wildman–Crippen LogP) is 3.25. The molecule has 5 nitrogen and oxygen atoms in total. The first-order valence-electron chi connectivity index (χ1n) is 6.31.